The molecule has 2 rings (SSSR count). The van der Waals surface area contributed by atoms with Gasteiger partial charge in [0.2, 0.25) is 0 Å². The largest absolute Gasteiger partial charge is 0.385 e. The molecule has 0 amide bonds. The van der Waals surface area contributed by atoms with Crippen LogP contribution in [0, 0.1) is 0 Å². The quantitative estimate of drug-likeness (QED) is 0.748. The molecule has 0 unspecified atom stereocenters. The van der Waals surface area contributed by atoms with E-state index in [4.69, 9.17) is 4.74 Å². The van der Waals surface area contributed by atoms with Gasteiger partial charge in [0.1, 0.15) is 18.0 Å². The van der Waals surface area contributed by atoms with Gasteiger partial charge >= 0.3 is 0 Å². The first kappa shape index (κ1) is 13.3. The van der Waals surface area contributed by atoms with Crippen molar-refractivity contribution >= 4 is 17.3 Å². The number of aromatic nitrogens is 2. The number of rotatable bonds is 7. The highest BCUT2D eigenvalue weighted by molar-refractivity contribution is 5.58. The summed E-state index contributed by atoms with van der Waals surface area (Å²) in [5.74, 6) is 1.58. The van der Waals surface area contributed by atoms with Crippen LogP contribution >= 0.6 is 0 Å². The Morgan fingerprint density at radius 1 is 1.11 bits per heavy atom. The molecule has 1 heterocycles. The molecule has 0 fully saturated rings. The van der Waals surface area contributed by atoms with Crippen LogP contribution in [0.2, 0.25) is 0 Å². The van der Waals surface area contributed by atoms with E-state index >= 15 is 0 Å². The van der Waals surface area contributed by atoms with Crippen molar-refractivity contribution in [1.29, 1.82) is 0 Å². The van der Waals surface area contributed by atoms with E-state index in [-0.39, 0.29) is 0 Å². The molecule has 5 nitrogen and oxygen atoms in total. The number of hydrogen-bond acceptors (Lipinski definition) is 5. The van der Waals surface area contributed by atoms with E-state index in [0.29, 0.717) is 0 Å². The van der Waals surface area contributed by atoms with Crippen molar-refractivity contribution < 1.29 is 4.74 Å². The van der Waals surface area contributed by atoms with E-state index in [9.17, 15) is 0 Å². The second-order valence-electron chi connectivity index (χ2n) is 4.05. The van der Waals surface area contributed by atoms with Gasteiger partial charge in [-0.2, -0.15) is 0 Å². The van der Waals surface area contributed by atoms with Gasteiger partial charge in [0.15, 0.2) is 0 Å². The molecule has 0 bridgehead atoms. The van der Waals surface area contributed by atoms with Crippen LogP contribution in [0.25, 0.3) is 0 Å². The molecule has 1 aromatic heterocycles. The molecule has 0 spiro atoms. The SMILES string of the molecule is COCCCNc1cc(Nc2ccccc2)ncn1. The third-order valence-corrected chi connectivity index (χ3v) is 2.54. The molecule has 19 heavy (non-hydrogen) atoms. The van der Waals surface area contributed by atoms with E-state index in [1.54, 1.807) is 13.4 Å². The highest BCUT2D eigenvalue weighted by Crippen LogP contribution is 2.15. The van der Waals surface area contributed by atoms with Gasteiger partial charge in [-0.1, -0.05) is 18.2 Å². The first-order valence-electron chi connectivity index (χ1n) is 6.25. The minimum absolute atomic E-state index is 0.743. The molecule has 0 saturated carbocycles. The van der Waals surface area contributed by atoms with E-state index < -0.39 is 0 Å². The van der Waals surface area contributed by atoms with Crippen LogP contribution in [0.15, 0.2) is 42.7 Å². The van der Waals surface area contributed by atoms with E-state index in [1.165, 1.54) is 0 Å². The van der Waals surface area contributed by atoms with Crippen molar-refractivity contribution in [3.63, 3.8) is 0 Å². The maximum absolute atomic E-state index is 5.00. The number of ether oxygens (including phenoxy) is 1. The lowest BCUT2D eigenvalue weighted by Gasteiger charge is -2.08. The zero-order chi connectivity index (χ0) is 13.3. The van der Waals surface area contributed by atoms with Gasteiger partial charge in [-0.05, 0) is 18.6 Å². The van der Waals surface area contributed by atoms with E-state index in [2.05, 4.69) is 20.6 Å². The summed E-state index contributed by atoms with van der Waals surface area (Å²) in [6, 6.07) is 11.8. The van der Waals surface area contributed by atoms with Crippen molar-refractivity contribution in [2.45, 2.75) is 6.42 Å². The van der Waals surface area contributed by atoms with Gasteiger partial charge in [-0.15, -0.1) is 0 Å². The van der Waals surface area contributed by atoms with E-state index in [1.807, 2.05) is 36.4 Å². The Labute approximate surface area is 113 Å². The molecule has 2 aromatic rings. The third kappa shape index (κ3) is 4.56. The zero-order valence-corrected chi connectivity index (χ0v) is 11.0. The lowest BCUT2D eigenvalue weighted by atomic mass is 10.3. The Bertz CT molecular complexity index is 490. The summed E-state index contributed by atoms with van der Waals surface area (Å²) < 4.78 is 5.00. The summed E-state index contributed by atoms with van der Waals surface area (Å²) >= 11 is 0. The number of anilines is 3. The molecule has 0 radical (unpaired) electrons. The van der Waals surface area contributed by atoms with Gasteiger partial charge < -0.3 is 15.4 Å². The monoisotopic (exact) mass is 258 g/mol. The topological polar surface area (TPSA) is 59.1 Å². The summed E-state index contributed by atoms with van der Waals surface area (Å²) in [6.07, 6.45) is 2.49. The minimum atomic E-state index is 0.743. The molecule has 5 heteroatoms. The molecule has 2 N–H and O–H groups in total. The molecule has 0 aliphatic heterocycles. The summed E-state index contributed by atoms with van der Waals surface area (Å²) in [4.78, 5) is 8.37. The molecule has 0 atom stereocenters. The van der Waals surface area contributed by atoms with Crippen LogP contribution in [-0.2, 0) is 4.74 Å². The van der Waals surface area contributed by atoms with Crippen LogP contribution in [0.3, 0.4) is 0 Å². The Kier molecular flexibility index (Phi) is 5.13. The van der Waals surface area contributed by atoms with Crippen molar-refractivity contribution in [3.05, 3.63) is 42.7 Å². The van der Waals surface area contributed by atoms with Crippen molar-refractivity contribution in [2.75, 3.05) is 30.9 Å². The van der Waals surface area contributed by atoms with Crippen LogP contribution < -0.4 is 10.6 Å². The van der Waals surface area contributed by atoms with Crippen molar-refractivity contribution in [1.82, 2.24) is 9.97 Å². The Morgan fingerprint density at radius 3 is 2.68 bits per heavy atom. The second kappa shape index (κ2) is 7.33. The summed E-state index contributed by atoms with van der Waals surface area (Å²) in [7, 11) is 1.70. The fourth-order valence-electron chi connectivity index (χ4n) is 1.62. The maximum atomic E-state index is 5.00. The smallest absolute Gasteiger partial charge is 0.135 e. The lowest BCUT2D eigenvalue weighted by molar-refractivity contribution is 0.198. The molecular weight excluding hydrogens is 240 g/mol. The van der Waals surface area contributed by atoms with Gasteiger partial charge in [-0.3, -0.25) is 0 Å². The van der Waals surface area contributed by atoms with Crippen LogP contribution in [0.4, 0.5) is 17.3 Å². The summed E-state index contributed by atoms with van der Waals surface area (Å²) in [5, 5.41) is 6.46. The average Bonchev–Trinajstić information content (AvgIpc) is 2.45. The predicted molar refractivity (Wildman–Crippen MR) is 76.7 cm³/mol. The summed E-state index contributed by atoms with van der Waals surface area (Å²) in [6.45, 7) is 1.57. The van der Waals surface area contributed by atoms with Crippen molar-refractivity contribution in [3.8, 4) is 0 Å². The Balaban J connectivity index is 1.91. The van der Waals surface area contributed by atoms with Crippen LogP contribution in [0.1, 0.15) is 6.42 Å². The van der Waals surface area contributed by atoms with Crippen molar-refractivity contribution in [2.24, 2.45) is 0 Å². The van der Waals surface area contributed by atoms with Gasteiger partial charge in [0.25, 0.3) is 0 Å². The molecular formula is C14H18N4O. The normalized spacial score (nSPS) is 10.2. The zero-order valence-electron chi connectivity index (χ0n) is 11.0. The number of methoxy groups -OCH3 is 1. The summed E-state index contributed by atoms with van der Waals surface area (Å²) in [5.41, 5.74) is 1.01. The molecule has 0 aliphatic rings. The lowest BCUT2D eigenvalue weighted by Crippen LogP contribution is -2.06. The van der Waals surface area contributed by atoms with E-state index in [0.717, 1.165) is 36.9 Å². The molecule has 1 aromatic carbocycles. The highest BCUT2D eigenvalue weighted by Gasteiger charge is 1.98. The maximum Gasteiger partial charge on any atom is 0.135 e. The highest BCUT2D eigenvalue weighted by atomic mass is 16.5. The number of benzene rings is 1. The Hall–Kier alpha value is -2.14. The molecule has 0 saturated heterocycles. The van der Waals surface area contributed by atoms with Gasteiger partial charge in [0, 0.05) is 32.0 Å². The fraction of sp³-hybridized carbons (Fsp3) is 0.286. The van der Waals surface area contributed by atoms with Gasteiger partial charge in [-0.25, -0.2) is 9.97 Å². The van der Waals surface area contributed by atoms with Crippen LogP contribution in [0.5, 0.6) is 0 Å². The predicted octanol–water partition coefficient (Wildman–Crippen LogP) is 2.67. The molecule has 100 valence electrons. The number of hydrogen-bond donors (Lipinski definition) is 2. The Morgan fingerprint density at radius 2 is 1.89 bits per heavy atom. The average molecular weight is 258 g/mol. The fourth-order valence-corrected chi connectivity index (χ4v) is 1.62. The number of nitrogens with one attached hydrogen (secondary N) is 2. The standard InChI is InChI=1S/C14H18N4O/c1-19-9-5-8-15-13-10-14(17-11-16-13)18-12-6-3-2-4-7-12/h2-4,6-7,10-11H,5,8-9H2,1H3,(H2,15,16,17,18). The van der Waals surface area contributed by atoms with Gasteiger partial charge in [0.05, 0.1) is 0 Å². The second-order valence-corrected chi connectivity index (χ2v) is 4.05. The first-order valence-corrected chi connectivity index (χ1v) is 6.25. The van der Waals surface area contributed by atoms with Crippen LogP contribution in [-0.4, -0.2) is 30.2 Å². The number of para-hydroxylation sites is 1. The third-order valence-electron chi connectivity index (χ3n) is 2.54. The molecule has 0 aliphatic carbocycles. The number of nitrogens with zero attached hydrogens (tertiary/aromatic N) is 2. The first-order chi connectivity index (χ1) is 9.38. The minimum Gasteiger partial charge on any atom is -0.385 e.